The summed E-state index contributed by atoms with van der Waals surface area (Å²) in [5.74, 6) is -0.452. The van der Waals surface area contributed by atoms with Crippen LogP contribution in [0.2, 0.25) is 0 Å². The second-order valence-corrected chi connectivity index (χ2v) is 6.39. The predicted molar refractivity (Wildman–Crippen MR) is 68.9 cm³/mol. The van der Waals surface area contributed by atoms with Crippen molar-refractivity contribution in [1.82, 2.24) is 9.38 Å². The summed E-state index contributed by atoms with van der Waals surface area (Å²) in [6.07, 6.45) is -3.20. The highest BCUT2D eigenvalue weighted by atomic mass is 32.2. The van der Waals surface area contributed by atoms with Crippen molar-refractivity contribution in [1.29, 1.82) is 0 Å². The Morgan fingerprint density at radius 3 is 2.67 bits per heavy atom. The van der Waals surface area contributed by atoms with Gasteiger partial charge in [-0.15, -0.1) is 0 Å². The molecule has 6 nitrogen and oxygen atoms in total. The Kier molecular flexibility index (Phi) is 3.74. The lowest BCUT2D eigenvalue weighted by Gasteiger charge is -2.09. The van der Waals surface area contributed by atoms with Crippen molar-refractivity contribution in [3.63, 3.8) is 0 Å². The number of pyridine rings is 1. The number of hydrogen-bond donors (Lipinski definition) is 1. The third-order valence-corrected chi connectivity index (χ3v) is 4.41. The lowest BCUT2D eigenvalue weighted by atomic mass is 10.4. The maximum Gasteiger partial charge on any atom is 0.422 e. The molecule has 0 bridgehead atoms. The Morgan fingerprint density at radius 1 is 1.43 bits per heavy atom. The van der Waals surface area contributed by atoms with Gasteiger partial charge < -0.3 is 10.5 Å². The third kappa shape index (κ3) is 3.20. The first-order valence-electron chi connectivity index (χ1n) is 5.84. The number of halogens is 3. The highest BCUT2D eigenvalue weighted by Gasteiger charge is 2.28. The maximum absolute atomic E-state index is 12.1. The van der Waals surface area contributed by atoms with Gasteiger partial charge >= 0.3 is 6.18 Å². The van der Waals surface area contributed by atoms with Crippen LogP contribution in [0.5, 0.6) is 5.75 Å². The lowest BCUT2D eigenvalue weighted by Crippen LogP contribution is -2.19. The third-order valence-electron chi connectivity index (χ3n) is 2.66. The lowest BCUT2D eigenvalue weighted by molar-refractivity contribution is -0.153. The predicted octanol–water partition coefficient (Wildman–Crippen LogP) is 1.65. The van der Waals surface area contributed by atoms with Gasteiger partial charge in [-0.05, 0) is 6.07 Å². The molecule has 0 radical (unpaired) electrons. The molecule has 0 aliphatic heterocycles. The fourth-order valence-corrected chi connectivity index (χ4v) is 2.81. The average molecular weight is 323 g/mol. The van der Waals surface area contributed by atoms with Crippen molar-refractivity contribution in [2.75, 3.05) is 18.1 Å². The number of nitrogen functional groups attached to an aromatic ring is 1. The number of ether oxygens (including phenoxy) is 1. The van der Waals surface area contributed by atoms with Crippen LogP contribution in [-0.2, 0) is 9.84 Å². The van der Waals surface area contributed by atoms with Gasteiger partial charge in [-0.3, -0.25) is 4.40 Å². The van der Waals surface area contributed by atoms with E-state index in [1.165, 1.54) is 29.7 Å². The monoisotopic (exact) mass is 323 g/mol. The van der Waals surface area contributed by atoms with Gasteiger partial charge in [0, 0.05) is 12.3 Å². The topological polar surface area (TPSA) is 86.7 Å². The number of alkyl halides is 3. The number of fused-ring (bicyclic) bond motifs is 1. The van der Waals surface area contributed by atoms with Crippen LogP contribution >= 0.6 is 0 Å². The Labute approximate surface area is 118 Å². The summed E-state index contributed by atoms with van der Waals surface area (Å²) >= 11 is 0. The number of anilines is 1. The quantitative estimate of drug-likeness (QED) is 0.924. The van der Waals surface area contributed by atoms with Crippen LogP contribution in [0.15, 0.2) is 23.4 Å². The normalized spacial score (nSPS) is 12.8. The van der Waals surface area contributed by atoms with Gasteiger partial charge in [0.05, 0.1) is 5.75 Å². The van der Waals surface area contributed by atoms with Gasteiger partial charge in [0.1, 0.15) is 11.4 Å². The number of rotatable bonds is 4. The van der Waals surface area contributed by atoms with E-state index in [0.717, 1.165) is 0 Å². The van der Waals surface area contributed by atoms with Gasteiger partial charge in [0.2, 0.25) is 0 Å². The van der Waals surface area contributed by atoms with E-state index >= 15 is 0 Å². The minimum absolute atomic E-state index is 0.0785. The van der Waals surface area contributed by atoms with E-state index in [2.05, 4.69) is 9.72 Å². The van der Waals surface area contributed by atoms with Crippen molar-refractivity contribution >= 4 is 21.3 Å². The van der Waals surface area contributed by atoms with Crippen LogP contribution in [0.1, 0.15) is 6.92 Å². The maximum atomic E-state index is 12.1. The van der Waals surface area contributed by atoms with Crippen LogP contribution in [0.4, 0.5) is 19.0 Å². The molecule has 0 amide bonds. The first-order valence-corrected chi connectivity index (χ1v) is 7.49. The molecule has 21 heavy (non-hydrogen) atoms. The van der Waals surface area contributed by atoms with Gasteiger partial charge in [0.25, 0.3) is 0 Å². The fourth-order valence-electron chi connectivity index (χ4n) is 1.72. The molecular weight excluding hydrogens is 311 g/mol. The largest absolute Gasteiger partial charge is 0.484 e. The van der Waals surface area contributed by atoms with E-state index in [1.807, 2.05) is 0 Å². The number of nitrogens with two attached hydrogens (primary N) is 1. The number of sulfone groups is 1. The molecular formula is C11H12F3N3O3S. The van der Waals surface area contributed by atoms with E-state index in [0.29, 0.717) is 0 Å². The molecule has 0 aliphatic carbocycles. The smallest absolute Gasteiger partial charge is 0.422 e. The molecule has 0 unspecified atom stereocenters. The SMILES string of the molecule is CCS(=O)(=O)c1c(N)nc2cc(OCC(F)(F)F)ccn12. The van der Waals surface area contributed by atoms with Crippen molar-refractivity contribution in [3.05, 3.63) is 18.3 Å². The van der Waals surface area contributed by atoms with Crippen molar-refractivity contribution in [3.8, 4) is 5.75 Å². The molecule has 2 aromatic rings. The molecule has 2 N–H and O–H groups in total. The molecule has 0 saturated carbocycles. The minimum Gasteiger partial charge on any atom is -0.484 e. The molecule has 0 aliphatic rings. The first kappa shape index (κ1) is 15.4. The van der Waals surface area contributed by atoms with Crippen molar-refractivity contribution in [2.45, 2.75) is 18.1 Å². The summed E-state index contributed by atoms with van der Waals surface area (Å²) in [5.41, 5.74) is 5.67. The zero-order valence-electron chi connectivity index (χ0n) is 10.9. The Hall–Kier alpha value is -1.97. The first-order chi connectivity index (χ1) is 9.64. The summed E-state index contributed by atoms with van der Waals surface area (Å²) in [7, 11) is -3.61. The Balaban J connectivity index is 2.43. The molecule has 2 heterocycles. The van der Waals surface area contributed by atoms with Crippen LogP contribution in [-0.4, -0.2) is 36.3 Å². The van der Waals surface area contributed by atoms with Crippen LogP contribution in [0, 0.1) is 0 Å². The molecule has 116 valence electrons. The standard InChI is InChI=1S/C11H12F3N3O3S/c1-2-21(18,19)10-9(15)16-8-5-7(3-4-17(8)10)20-6-11(12,13)14/h3-5H,2,6,15H2,1H3. The molecule has 2 aromatic heterocycles. The van der Waals surface area contributed by atoms with E-state index < -0.39 is 22.6 Å². The summed E-state index contributed by atoms with van der Waals surface area (Å²) < 4.78 is 65.9. The zero-order chi connectivity index (χ0) is 15.8. The summed E-state index contributed by atoms with van der Waals surface area (Å²) in [6, 6.07) is 2.41. The van der Waals surface area contributed by atoms with E-state index in [1.54, 1.807) is 0 Å². The van der Waals surface area contributed by atoms with Crippen LogP contribution in [0.25, 0.3) is 5.65 Å². The Morgan fingerprint density at radius 2 is 2.10 bits per heavy atom. The van der Waals surface area contributed by atoms with Gasteiger partial charge in [-0.25, -0.2) is 13.4 Å². The van der Waals surface area contributed by atoms with E-state index in [-0.39, 0.29) is 28.0 Å². The molecule has 0 aromatic carbocycles. The molecule has 0 spiro atoms. The number of nitrogens with zero attached hydrogens (tertiary/aromatic N) is 2. The van der Waals surface area contributed by atoms with Crippen LogP contribution in [0.3, 0.4) is 0 Å². The summed E-state index contributed by atoms with van der Waals surface area (Å²) in [4.78, 5) is 3.83. The fraction of sp³-hybridized carbons (Fsp3) is 0.364. The average Bonchev–Trinajstić information content (AvgIpc) is 2.71. The Bertz CT molecular complexity index is 768. The highest BCUT2D eigenvalue weighted by Crippen LogP contribution is 2.25. The number of imidazole rings is 1. The van der Waals surface area contributed by atoms with Crippen molar-refractivity contribution < 1.29 is 26.3 Å². The van der Waals surface area contributed by atoms with Crippen molar-refractivity contribution in [2.24, 2.45) is 0 Å². The molecule has 0 saturated heterocycles. The van der Waals surface area contributed by atoms with E-state index in [9.17, 15) is 21.6 Å². The van der Waals surface area contributed by atoms with Crippen LogP contribution < -0.4 is 10.5 Å². The summed E-state index contributed by atoms with van der Waals surface area (Å²) in [6.45, 7) is 0.00839. The second kappa shape index (κ2) is 5.10. The summed E-state index contributed by atoms with van der Waals surface area (Å²) in [5, 5.41) is -0.178. The zero-order valence-corrected chi connectivity index (χ0v) is 11.7. The second-order valence-electron chi connectivity index (χ2n) is 4.20. The van der Waals surface area contributed by atoms with E-state index in [4.69, 9.17) is 5.73 Å². The molecule has 0 fully saturated rings. The minimum atomic E-state index is -4.46. The number of aromatic nitrogens is 2. The number of hydrogen-bond acceptors (Lipinski definition) is 5. The van der Waals surface area contributed by atoms with Gasteiger partial charge in [-0.1, -0.05) is 6.92 Å². The van der Waals surface area contributed by atoms with Gasteiger partial charge in [-0.2, -0.15) is 13.2 Å². The van der Waals surface area contributed by atoms with Gasteiger partial charge in [0.15, 0.2) is 27.3 Å². The highest BCUT2D eigenvalue weighted by molar-refractivity contribution is 7.91. The molecule has 0 atom stereocenters. The molecule has 2 rings (SSSR count). The molecule has 10 heteroatoms.